The Bertz CT molecular complexity index is 540. The zero-order valence-corrected chi connectivity index (χ0v) is 10.9. The summed E-state index contributed by atoms with van der Waals surface area (Å²) in [6, 6.07) is 7.93. The van der Waals surface area contributed by atoms with Crippen LogP contribution >= 0.6 is 0 Å². The number of aryl methyl sites for hydroxylation is 1. The number of rotatable bonds is 4. The van der Waals surface area contributed by atoms with Crippen LogP contribution < -0.4 is 10.1 Å². The maximum Gasteiger partial charge on any atom is 0.223 e. The van der Waals surface area contributed by atoms with Gasteiger partial charge in [0.25, 0.3) is 0 Å². The van der Waals surface area contributed by atoms with Crippen molar-refractivity contribution < 1.29 is 4.74 Å². The average Bonchev–Trinajstić information content (AvgIpc) is 2.39. The quantitative estimate of drug-likeness (QED) is 0.897. The first kappa shape index (κ1) is 12.4. The fraction of sp³-hybridized carbons (Fsp3) is 0.286. The third kappa shape index (κ3) is 2.59. The molecule has 0 radical (unpaired) electrons. The minimum atomic E-state index is 0.638. The second-order valence-corrected chi connectivity index (χ2v) is 4.00. The van der Waals surface area contributed by atoms with Crippen molar-refractivity contribution >= 4 is 5.95 Å². The van der Waals surface area contributed by atoms with E-state index >= 15 is 0 Å². The van der Waals surface area contributed by atoms with Crippen molar-refractivity contribution in [3.05, 3.63) is 36.0 Å². The summed E-state index contributed by atoms with van der Waals surface area (Å²) in [7, 11) is 1.67. The molecule has 0 amide bonds. The van der Waals surface area contributed by atoms with Crippen molar-refractivity contribution in [1.82, 2.24) is 9.97 Å². The van der Waals surface area contributed by atoms with Crippen LogP contribution in [0, 0.1) is 6.92 Å². The molecule has 0 atom stereocenters. The van der Waals surface area contributed by atoms with E-state index in [1.807, 2.05) is 25.1 Å². The summed E-state index contributed by atoms with van der Waals surface area (Å²) in [5, 5.41) is 3.11. The zero-order valence-electron chi connectivity index (χ0n) is 10.9. The number of nitrogens with zero attached hydrogens (tertiary/aromatic N) is 2. The van der Waals surface area contributed by atoms with Crippen LogP contribution in [0.25, 0.3) is 11.3 Å². The van der Waals surface area contributed by atoms with E-state index in [1.165, 1.54) is 5.56 Å². The van der Waals surface area contributed by atoms with E-state index in [9.17, 15) is 0 Å². The van der Waals surface area contributed by atoms with Crippen molar-refractivity contribution in [3.63, 3.8) is 0 Å². The Labute approximate surface area is 107 Å². The molecule has 4 heteroatoms. The van der Waals surface area contributed by atoms with Gasteiger partial charge in [0, 0.05) is 18.3 Å². The molecule has 0 saturated carbocycles. The lowest BCUT2D eigenvalue weighted by molar-refractivity contribution is 0.416. The molecule has 1 aromatic carbocycles. The third-order valence-electron chi connectivity index (χ3n) is 2.62. The largest absolute Gasteiger partial charge is 0.496 e. The van der Waals surface area contributed by atoms with Gasteiger partial charge in [-0.2, -0.15) is 0 Å². The lowest BCUT2D eigenvalue weighted by Crippen LogP contribution is -2.02. The lowest BCUT2D eigenvalue weighted by atomic mass is 10.1. The van der Waals surface area contributed by atoms with Crippen molar-refractivity contribution in [2.45, 2.75) is 13.8 Å². The second kappa shape index (κ2) is 5.49. The Kier molecular flexibility index (Phi) is 3.77. The van der Waals surface area contributed by atoms with Gasteiger partial charge in [0.15, 0.2) is 0 Å². The average molecular weight is 243 g/mol. The van der Waals surface area contributed by atoms with Gasteiger partial charge in [-0.1, -0.05) is 11.6 Å². The van der Waals surface area contributed by atoms with Gasteiger partial charge < -0.3 is 10.1 Å². The molecule has 0 saturated heterocycles. The Balaban J connectivity index is 2.47. The molecule has 0 unspecified atom stereocenters. The summed E-state index contributed by atoms with van der Waals surface area (Å²) >= 11 is 0. The molecule has 1 heterocycles. The molecular formula is C14H17N3O. The van der Waals surface area contributed by atoms with Gasteiger partial charge in [0.1, 0.15) is 5.75 Å². The van der Waals surface area contributed by atoms with Crippen LogP contribution in [0.2, 0.25) is 0 Å². The lowest BCUT2D eigenvalue weighted by Gasteiger charge is -2.10. The van der Waals surface area contributed by atoms with E-state index in [2.05, 4.69) is 28.3 Å². The van der Waals surface area contributed by atoms with Crippen LogP contribution in [-0.4, -0.2) is 23.6 Å². The summed E-state index contributed by atoms with van der Waals surface area (Å²) in [5.74, 6) is 1.46. The molecular weight excluding hydrogens is 226 g/mol. The fourth-order valence-corrected chi connectivity index (χ4v) is 1.77. The summed E-state index contributed by atoms with van der Waals surface area (Å²) in [5.41, 5.74) is 3.02. The third-order valence-corrected chi connectivity index (χ3v) is 2.62. The van der Waals surface area contributed by atoms with Crippen LogP contribution in [0.4, 0.5) is 5.95 Å². The molecule has 1 N–H and O–H groups in total. The first-order chi connectivity index (χ1) is 8.74. The van der Waals surface area contributed by atoms with E-state index in [4.69, 9.17) is 4.74 Å². The summed E-state index contributed by atoms with van der Waals surface area (Å²) in [6.45, 7) is 4.87. The first-order valence-corrected chi connectivity index (χ1v) is 5.96. The van der Waals surface area contributed by atoms with Crippen molar-refractivity contribution in [2.24, 2.45) is 0 Å². The first-order valence-electron chi connectivity index (χ1n) is 5.96. The van der Waals surface area contributed by atoms with Gasteiger partial charge in [-0.25, -0.2) is 9.97 Å². The number of hydrogen-bond donors (Lipinski definition) is 1. The van der Waals surface area contributed by atoms with Gasteiger partial charge in [0.05, 0.1) is 12.8 Å². The molecule has 1 aromatic heterocycles. The number of anilines is 1. The van der Waals surface area contributed by atoms with Gasteiger partial charge in [0.2, 0.25) is 5.95 Å². The summed E-state index contributed by atoms with van der Waals surface area (Å²) in [6.07, 6.45) is 1.75. The number of ether oxygens (including phenoxy) is 1. The zero-order chi connectivity index (χ0) is 13.0. The number of nitrogens with one attached hydrogen (secondary N) is 1. The molecule has 2 aromatic rings. The monoisotopic (exact) mass is 243 g/mol. The van der Waals surface area contributed by atoms with Crippen molar-refractivity contribution in [3.8, 4) is 17.0 Å². The number of hydrogen-bond acceptors (Lipinski definition) is 4. The van der Waals surface area contributed by atoms with Gasteiger partial charge in [-0.15, -0.1) is 0 Å². The van der Waals surface area contributed by atoms with Crippen LogP contribution in [0.1, 0.15) is 12.5 Å². The topological polar surface area (TPSA) is 47.0 Å². The van der Waals surface area contributed by atoms with Crippen LogP contribution in [0.3, 0.4) is 0 Å². The molecule has 4 nitrogen and oxygen atoms in total. The van der Waals surface area contributed by atoms with Gasteiger partial charge in [-0.3, -0.25) is 0 Å². The van der Waals surface area contributed by atoms with Crippen molar-refractivity contribution in [2.75, 3.05) is 19.0 Å². The number of methoxy groups -OCH3 is 1. The Morgan fingerprint density at radius 1 is 1.28 bits per heavy atom. The Morgan fingerprint density at radius 3 is 2.83 bits per heavy atom. The van der Waals surface area contributed by atoms with Gasteiger partial charge in [-0.05, 0) is 32.0 Å². The van der Waals surface area contributed by atoms with E-state index in [0.29, 0.717) is 5.95 Å². The SMILES string of the molecule is CCNc1nccc(-c2cc(C)ccc2OC)n1. The van der Waals surface area contributed by atoms with Crippen molar-refractivity contribution in [1.29, 1.82) is 0 Å². The molecule has 2 rings (SSSR count). The standard InChI is InChI=1S/C14H17N3O/c1-4-15-14-16-8-7-12(17-14)11-9-10(2)5-6-13(11)18-3/h5-9H,4H2,1-3H3,(H,15,16,17). The molecule has 0 bridgehead atoms. The number of aromatic nitrogens is 2. The Morgan fingerprint density at radius 2 is 2.11 bits per heavy atom. The highest BCUT2D eigenvalue weighted by atomic mass is 16.5. The summed E-state index contributed by atoms with van der Waals surface area (Å²) < 4.78 is 5.37. The normalized spacial score (nSPS) is 10.2. The Hall–Kier alpha value is -2.10. The second-order valence-electron chi connectivity index (χ2n) is 4.00. The minimum absolute atomic E-state index is 0.638. The molecule has 0 fully saturated rings. The van der Waals surface area contributed by atoms with Crippen LogP contribution in [-0.2, 0) is 0 Å². The maximum atomic E-state index is 5.37. The highest BCUT2D eigenvalue weighted by molar-refractivity contribution is 5.68. The van der Waals surface area contributed by atoms with Crippen LogP contribution in [0.5, 0.6) is 5.75 Å². The molecule has 0 aliphatic rings. The molecule has 0 aliphatic carbocycles. The van der Waals surface area contributed by atoms with E-state index in [0.717, 1.165) is 23.6 Å². The fourth-order valence-electron chi connectivity index (χ4n) is 1.77. The smallest absolute Gasteiger partial charge is 0.223 e. The highest BCUT2D eigenvalue weighted by Crippen LogP contribution is 2.29. The van der Waals surface area contributed by atoms with Gasteiger partial charge >= 0.3 is 0 Å². The van der Waals surface area contributed by atoms with E-state index in [1.54, 1.807) is 13.3 Å². The predicted octanol–water partition coefficient (Wildman–Crippen LogP) is 2.89. The molecule has 94 valence electrons. The molecule has 0 aliphatic heterocycles. The molecule has 18 heavy (non-hydrogen) atoms. The minimum Gasteiger partial charge on any atom is -0.496 e. The van der Waals surface area contributed by atoms with Crippen LogP contribution in [0.15, 0.2) is 30.5 Å². The van der Waals surface area contributed by atoms with E-state index < -0.39 is 0 Å². The highest BCUT2D eigenvalue weighted by Gasteiger charge is 2.08. The maximum absolute atomic E-state index is 5.37. The predicted molar refractivity (Wildman–Crippen MR) is 72.9 cm³/mol. The summed E-state index contributed by atoms with van der Waals surface area (Å²) in [4.78, 5) is 8.65. The number of benzene rings is 1. The van der Waals surface area contributed by atoms with E-state index in [-0.39, 0.29) is 0 Å². The molecule has 0 spiro atoms.